The average molecular weight is 349 g/mol. The molecule has 0 aromatic carbocycles. The number of ether oxygens (including phenoxy) is 1. The number of carbonyl (C=O) groups is 1. The summed E-state index contributed by atoms with van der Waals surface area (Å²) in [5.74, 6) is 1.58. The molecule has 3 fully saturated rings. The zero-order chi connectivity index (χ0) is 16.5. The van der Waals surface area contributed by atoms with E-state index in [2.05, 4.69) is 28.7 Å². The van der Waals surface area contributed by atoms with Crippen LogP contribution in [-0.2, 0) is 16.1 Å². The molecule has 1 aromatic heterocycles. The minimum absolute atomic E-state index is 0.186. The summed E-state index contributed by atoms with van der Waals surface area (Å²) < 4.78 is 6.23. The van der Waals surface area contributed by atoms with E-state index in [0.717, 1.165) is 64.3 Å². The summed E-state index contributed by atoms with van der Waals surface area (Å²) in [7, 11) is 0. The van der Waals surface area contributed by atoms with Gasteiger partial charge in [0.15, 0.2) is 0 Å². The van der Waals surface area contributed by atoms with Crippen LogP contribution in [-0.4, -0.2) is 54.1 Å². The molecule has 3 aliphatic heterocycles. The van der Waals surface area contributed by atoms with E-state index < -0.39 is 0 Å². The SMILES string of the molecule is CC1CCN(C(=O)[C@H]2C[C@@H]3CCN(Cc4ccsc4)C[C@H]3O2)CC1. The number of nitrogens with zero attached hydrogens (tertiary/aromatic N) is 2. The highest BCUT2D eigenvalue weighted by molar-refractivity contribution is 7.07. The van der Waals surface area contributed by atoms with Gasteiger partial charge in [0.2, 0.25) is 0 Å². The van der Waals surface area contributed by atoms with Gasteiger partial charge in [0.05, 0.1) is 6.10 Å². The van der Waals surface area contributed by atoms with E-state index in [9.17, 15) is 4.79 Å². The second-order valence-electron chi connectivity index (χ2n) is 7.82. The first kappa shape index (κ1) is 16.6. The Balaban J connectivity index is 1.31. The third kappa shape index (κ3) is 3.53. The van der Waals surface area contributed by atoms with Crippen molar-refractivity contribution in [2.24, 2.45) is 11.8 Å². The molecule has 0 bridgehead atoms. The van der Waals surface area contributed by atoms with Crippen LogP contribution in [0.5, 0.6) is 0 Å². The third-order valence-electron chi connectivity index (χ3n) is 5.99. The first-order chi connectivity index (χ1) is 11.7. The molecule has 0 spiro atoms. The van der Waals surface area contributed by atoms with Crippen LogP contribution in [0.4, 0.5) is 0 Å². The second kappa shape index (κ2) is 7.14. The topological polar surface area (TPSA) is 32.8 Å². The maximum atomic E-state index is 12.8. The quantitative estimate of drug-likeness (QED) is 0.842. The summed E-state index contributed by atoms with van der Waals surface area (Å²) in [6.45, 7) is 7.23. The van der Waals surface area contributed by atoms with Crippen LogP contribution in [0.2, 0.25) is 0 Å². The van der Waals surface area contributed by atoms with Crippen molar-refractivity contribution in [2.75, 3.05) is 26.2 Å². The smallest absolute Gasteiger partial charge is 0.251 e. The number of piperidine rings is 2. The molecule has 1 amide bonds. The largest absolute Gasteiger partial charge is 0.364 e. The fraction of sp³-hybridized carbons (Fsp3) is 0.737. The van der Waals surface area contributed by atoms with Crippen molar-refractivity contribution in [3.05, 3.63) is 22.4 Å². The van der Waals surface area contributed by atoms with E-state index in [-0.39, 0.29) is 18.1 Å². The van der Waals surface area contributed by atoms with Crippen molar-refractivity contribution < 1.29 is 9.53 Å². The summed E-state index contributed by atoms with van der Waals surface area (Å²) in [6, 6.07) is 2.20. The molecule has 5 heteroatoms. The maximum Gasteiger partial charge on any atom is 0.251 e. The molecule has 0 unspecified atom stereocenters. The Bertz CT molecular complexity index is 554. The average Bonchev–Trinajstić information content (AvgIpc) is 3.24. The van der Waals surface area contributed by atoms with Crippen LogP contribution in [0, 0.1) is 11.8 Å². The van der Waals surface area contributed by atoms with Crippen molar-refractivity contribution in [2.45, 2.75) is 51.4 Å². The number of amides is 1. The highest BCUT2D eigenvalue weighted by atomic mass is 32.1. The van der Waals surface area contributed by atoms with Gasteiger partial charge in [-0.3, -0.25) is 9.69 Å². The molecule has 0 radical (unpaired) electrons. The lowest BCUT2D eigenvalue weighted by atomic mass is 9.91. The van der Waals surface area contributed by atoms with E-state index in [0.29, 0.717) is 5.92 Å². The van der Waals surface area contributed by atoms with Crippen molar-refractivity contribution in [1.82, 2.24) is 9.80 Å². The van der Waals surface area contributed by atoms with Crippen LogP contribution in [0.3, 0.4) is 0 Å². The monoisotopic (exact) mass is 348 g/mol. The lowest BCUT2D eigenvalue weighted by molar-refractivity contribution is -0.145. The maximum absolute atomic E-state index is 12.8. The molecule has 4 nitrogen and oxygen atoms in total. The normalized spacial score (nSPS) is 32.0. The van der Waals surface area contributed by atoms with Crippen LogP contribution in [0.15, 0.2) is 16.8 Å². The van der Waals surface area contributed by atoms with Gasteiger partial charge in [-0.2, -0.15) is 11.3 Å². The molecule has 0 aliphatic carbocycles. The zero-order valence-corrected chi connectivity index (χ0v) is 15.3. The van der Waals surface area contributed by atoms with Gasteiger partial charge in [0, 0.05) is 26.2 Å². The van der Waals surface area contributed by atoms with Crippen molar-refractivity contribution >= 4 is 17.2 Å². The van der Waals surface area contributed by atoms with E-state index in [1.165, 1.54) is 5.56 Å². The highest BCUT2D eigenvalue weighted by Gasteiger charge is 2.43. The summed E-state index contributed by atoms with van der Waals surface area (Å²) >= 11 is 1.76. The van der Waals surface area contributed by atoms with Gasteiger partial charge >= 0.3 is 0 Å². The summed E-state index contributed by atoms with van der Waals surface area (Å²) in [6.07, 6.45) is 4.43. The molecular formula is C19H28N2O2S. The van der Waals surface area contributed by atoms with E-state index in [1.807, 2.05) is 4.90 Å². The molecule has 3 aliphatic rings. The molecule has 4 rings (SSSR count). The molecule has 1 aromatic rings. The number of likely N-dealkylation sites (tertiary alicyclic amines) is 2. The first-order valence-corrected chi connectivity index (χ1v) is 10.3. The molecule has 0 N–H and O–H groups in total. The van der Waals surface area contributed by atoms with Crippen molar-refractivity contribution in [3.63, 3.8) is 0 Å². The van der Waals surface area contributed by atoms with E-state index in [4.69, 9.17) is 4.74 Å². The summed E-state index contributed by atoms with van der Waals surface area (Å²) in [5, 5.41) is 4.37. The van der Waals surface area contributed by atoms with Crippen LogP contribution in [0.1, 0.15) is 38.2 Å². The lowest BCUT2D eigenvalue weighted by Crippen LogP contribution is -2.44. The second-order valence-corrected chi connectivity index (χ2v) is 8.60. The molecule has 0 saturated carbocycles. The Labute approximate surface area is 148 Å². The van der Waals surface area contributed by atoms with Gasteiger partial charge in [-0.1, -0.05) is 6.92 Å². The molecular weight excluding hydrogens is 320 g/mol. The number of hydrogen-bond donors (Lipinski definition) is 0. The van der Waals surface area contributed by atoms with Gasteiger partial charge in [-0.05, 0) is 66.5 Å². The van der Waals surface area contributed by atoms with Gasteiger partial charge in [-0.25, -0.2) is 0 Å². The van der Waals surface area contributed by atoms with Gasteiger partial charge in [0.25, 0.3) is 5.91 Å². The number of carbonyl (C=O) groups excluding carboxylic acids is 1. The predicted molar refractivity (Wildman–Crippen MR) is 96.0 cm³/mol. The highest BCUT2D eigenvalue weighted by Crippen LogP contribution is 2.35. The Morgan fingerprint density at radius 3 is 2.88 bits per heavy atom. The van der Waals surface area contributed by atoms with Gasteiger partial charge < -0.3 is 9.64 Å². The number of rotatable bonds is 3. The van der Waals surface area contributed by atoms with Crippen LogP contribution >= 0.6 is 11.3 Å². The fourth-order valence-electron chi connectivity index (χ4n) is 4.37. The first-order valence-electron chi connectivity index (χ1n) is 9.36. The van der Waals surface area contributed by atoms with E-state index in [1.54, 1.807) is 11.3 Å². The molecule has 4 heterocycles. The van der Waals surface area contributed by atoms with Crippen molar-refractivity contribution in [3.8, 4) is 0 Å². The van der Waals surface area contributed by atoms with Crippen LogP contribution in [0.25, 0.3) is 0 Å². The summed E-state index contributed by atoms with van der Waals surface area (Å²) in [5.41, 5.74) is 1.39. The molecule has 3 saturated heterocycles. The molecule has 132 valence electrons. The number of fused-ring (bicyclic) bond motifs is 1. The predicted octanol–water partition coefficient (Wildman–Crippen LogP) is 2.99. The Morgan fingerprint density at radius 1 is 1.29 bits per heavy atom. The van der Waals surface area contributed by atoms with Gasteiger partial charge in [0.1, 0.15) is 6.10 Å². The molecule has 3 atom stereocenters. The number of thiophene rings is 1. The van der Waals surface area contributed by atoms with Gasteiger partial charge in [-0.15, -0.1) is 0 Å². The molecule has 24 heavy (non-hydrogen) atoms. The minimum atomic E-state index is -0.186. The number of hydrogen-bond acceptors (Lipinski definition) is 4. The fourth-order valence-corrected chi connectivity index (χ4v) is 5.03. The van der Waals surface area contributed by atoms with Crippen molar-refractivity contribution in [1.29, 1.82) is 0 Å². The Morgan fingerprint density at radius 2 is 2.12 bits per heavy atom. The lowest BCUT2D eigenvalue weighted by Gasteiger charge is -2.34. The third-order valence-corrected chi connectivity index (χ3v) is 6.73. The Kier molecular flexibility index (Phi) is 4.93. The van der Waals surface area contributed by atoms with E-state index >= 15 is 0 Å². The minimum Gasteiger partial charge on any atom is -0.364 e. The summed E-state index contributed by atoms with van der Waals surface area (Å²) in [4.78, 5) is 17.3. The van der Waals surface area contributed by atoms with Crippen LogP contribution < -0.4 is 0 Å². The zero-order valence-electron chi connectivity index (χ0n) is 14.5. The standard InChI is InChI=1S/C19H28N2O2S/c1-14-2-7-21(8-3-14)19(22)17-10-16-4-6-20(12-18(16)23-17)11-15-5-9-24-13-15/h5,9,13-14,16-18H,2-4,6-8,10-12H2,1H3/t16-,17+,18+/m0/s1. The Hall–Kier alpha value is -0.910.